The van der Waals surface area contributed by atoms with Crippen LogP contribution < -0.4 is 0 Å². The van der Waals surface area contributed by atoms with Gasteiger partial charge in [-0.25, -0.2) is 0 Å². The summed E-state index contributed by atoms with van der Waals surface area (Å²) in [6.07, 6.45) is -47.5. The first-order valence-electron chi connectivity index (χ1n) is 37.0. The Bertz CT molecular complexity index is 3050. The van der Waals surface area contributed by atoms with E-state index in [-0.39, 0.29) is 70.6 Å². The summed E-state index contributed by atoms with van der Waals surface area (Å²) < 4.78 is 122. The number of esters is 11. The molecule has 0 saturated carbocycles. The first-order chi connectivity index (χ1) is 53.1. The largest absolute Gasteiger partial charge is 0.463 e. The van der Waals surface area contributed by atoms with E-state index in [1.807, 2.05) is 0 Å². The Morgan fingerprint density at radius 2 is 0.616 bits per heavy atom. The molecule has 6 aliphatic heterocycles. The summed E-state index contributed by atoms with van der Waals surface area (Å²) in [5.41, 5.74) is 0. The van der Waals surface area contributed by atoms with Gasteiger partial charge in [-0.2, -0.15) is 0 Å². The fraction of sp³-hybridized carbons (Fsp3) is 0.841. The van der Waals surface area contributed by atoms with Gasteiger partial charge in [0.1, 0.15) is 112 Å². The van der Waals surface area contributed by atoms with Crippen molar-refractivity contribution in [2.45, 2.75) is 318 Å². The lowest BCUT2D eigenvalue weighted by atomic mass is 9.96. The molecule has 6 fully saturated rings. The van der Waals surface area contributed by atoms with Gasteiger partial charge in [0, 0.05) is 70.6 Å². The topological polar surface area (TPSA) is 604 Å². The lowest BCUT2D eigenvalue weighted by molar-refractivity contribution is -0.388. The number of ether oxygens (including phenoxy) is 21. The van der Waals surface area contributed by atoms with Crippen LogP contribution in [0.5, 0.6) is 0 Å². The maximum atomic E-state index is 13.5. The first kappa shape index (κ1) is 95.9. The molecule has 0 bridgehead atoms. The predicted octanol–water partition coefficient (Wildman–Crippen LogP) is -4.57. The Labute approximate surface area is 642 Å². The number of rotatable bonds is 38. The second-order valence-corrected chi connectivity index (χ2v) is 25.9. The van der Waals surface area contributed by atoms with Crippen molar-refractivity contribution in [2.24, 2.45) is 0 Å². The number of carbonyl (C=O) groups is 11. The van der Waals surface area contributed by atoms with Gasteiger partial charge in [-0.15, -0.1) is 0 Å². The molecule has 43 heteroatoms. The van der Waals surface area contributed by atoms with E-state index in [4.69, 9.17) is 99.5 Å². The second-order valence-electron chi connectivity index (χ2n) is 25.9. The molecule has 0 spiro atoms. The highest BCUT2D eigenvalue weighted by Gasteiger charge is 2.66. The molecule has 112 heavy (non-hydrogen) atoms. The van der Waals surface area contributed by atoms with Crippen LogP contribution >= 0.6 is 0 Å². The molecule has 0 amide bonds. The molecular formula is C69H108O43. The van der Waals surface area contributed by atoms with Gasteiger partial charge < -0.3 is 156 Å². The van der Waals surface area contributed by atoms with E-state index in [0.717, 1.165) is 0 Å². The van der Waals surface area contributed by atoms with Gasteiger partial charge in [-0.3, -0.25) is 52.7 Å². The number of carbonyl (C=O) groups excluding carboxylic acids is 11. The molecule has 0 aliphatic carbocycles. The van der Waals surface area contributed by atoms with Crippen LogP contribution in [0.15, 0.2) is 0 Å². The average molecular weight is 1630 g/mol. The minimum atomic E-state index is -2.67. The molecule has 11 N–H and O–H groups in total. The molecule has 0 aromatic heterocycles. The summed E-state index contributed by atoms with van der Waals surface area (Å²) >= 11 is 0. The van der Waals surface area contributed by atoms with Gasteiger partial charge in [0.25, 0.3) is 0 Å². The number of aliphatic hydroxyl groups is 11. The van der Waals surface area contributed by atoms with Crippen molar-refractivity contribution in [1.29, 1.82) is 0 Å². The normalized spacial score (nSPS) is 35.6. The van der Waals surface area contributed by atoms with E-state index >= 15 is 0 Å². The molecule has 6 rings (SSSR count). The van der Waals surface area contributed by atoms with Gasteiger partial charge in [-0.1, -0.05) is 76.2 Å². The maximum Gasteiger partial charge on any atom is 0.306 e. The van der Waals surface area contributed by atoms with Crippen LogP contribution in [0.4, 0.5) is 0 Å². The van der Waals surface area contributed by atoms with Crippen molar-refractivity contribution >= 4 is 65.7 Å². The Hall–Kier alpha value is -6.67. The van der Waals surface area contributed by atoms with Crippen LogP contribution in [0.3, 0.4) is 0 Å². The van der Waals surface area contributed by atoms with Gasteiger partial charge in [0.05, 0.1) is 26.4 Å². The van der Waals surface area contributed by atoms with E-state index in [2.05, 4.69) is 0 Å². The van der Waals surface area contributed by atoms with Crippen LogP contribution in [0, 0.1) is 0 Å². The Balaban J connectivity index is 0.000000544. The summed E-state index contributed by atoms with van der Waals surface area (Å²) in [6.45, 7) is 9.71. The van der Waals surface area contributed by atoms with Gasteiger partial charge in [-0.05, 0) is 0 Å². The highest BCUT2D eigenvalue weighted by Crippen LogP contribution is 2.43. The quantitative estimate of drug-likeness (QED) is 0.0205. The molecule has 0 aromatic rings. The van der Waals surface area contributed by atoms with Crippen molar-refractivity contribution < 1.29 is 208 Å². The van der Waals surface area contributed by atoms with E-state index in [0.29, 0.717) is 0 Å². The zero-order chi connectivity index (χ0) is 83.6. The van der Waals surface area contributed by atoms with E-state index < -0.39 is 290 Å². The molecule has 8 unspecified atom stereocenters. The molecule has 642 valence electrons. The summed E-state index contributed by atoms with van der Waals surface area (Å²) in [4.78, 5) is 144. The van der Waals surface area contributed by atoms with Crippen molar-refractivity contribution in [1.82, 2.24) is 0 Å². The summed E-state index contributed by atoms with van der Waals surface area (Å²) in [5.74, 6) is -14.5. The highest BCUT2D eigenvalue weighted by atomic mass is 16.8. The third-order valence-electron chi connectivity index (χ3n) is 18.1. The van der Waals surface area contributed by atoms with Gasteiger partial charge in [0.15, 0.2) is 67.7 Å². The SMILES string of the molecule is CCC(=O)OCC1O[C@H](OCC2O[C@@H](O[C@]3(COC(=O)CC)O[C@H](COC(=O)CC)[C@@H](OC(=O)CC)[C@H]3OC(=O)CC)C(OC(=O)CC)[C@@H](OC(=O)CC)[C@@H]2OC(=O)CC)C(OC(=O)CC)[C@@H](OC(=O)CC)[C@H]1OC(=O)CC.OCC1O[C@H](OCC2O[C@@H](O[C@]3(CO)O[C@H](CO)[C@@H](O)[C@H]3O)C(O)[C@@H](O)[C@@H]2O)C(O)[C@@H](O)[C@H]1O. The van der Waals surface area contributed by atoms with Crippen LogP contribution in [-0.2, 0) is 152 Å². The average Bonchev–Trinajstić information content (AvgIpc) is 1.62. The highest BCUT2D eigenvalue weighted by molar-refractivity contribution is 5.74. The van der Waals surface area contributed by atoms with E-state index in [1.54, 1.807) is 0 Å². The fourth-order valence-electron chi connectivity index (χ4n) is 11.7. The van der Waals surface area contributed by atoms with Crippen molar-refractivity contribution in [3.05, 3.63) is 0 Å². The Kier molecular flexibility index (Phi) is 39.0. The fourth-order valence-corrected chi connectivity index (χ4v) is 11.7. The van der Waals surface area contributed by atoms with Gasteiger partial charge >= 0.3 is 65.7 Å². The maximum absolute atomic E-state index is 13.5. The molecule has 0 radical (unpaired) electrons. The minimum absolute atomic E-state index is 0.0951. The Morgan fingerprint density at radius 1 is 0.286 bits per heavy atom. The van der Waals surface area contributed by atoms with E-state index in [1.165, 1.54) is 76.2 Å². The monoisotopic (exact) mass is 1620 g/mol. The lowest BCUT2D eigenvalue weighted by Crippen LogP contribution is -2.66. The van der Waals surface area contributed by atoms with Gasteiger partial charge in [0.2, 0.25) is 17.9 Å². The lowest BCUT2D eigenvalue weighted by Gasteiger charge is -2.48. The third-order valence-corrected chi connectivity index (χ3v) is 18.1. The van der Waals surface area contributed by atoms with Crippen LogP contribution in [-0.4, -0.2) is 346 Å². The summed E-state index contributed by atoms with van der Waals surface area (Å²) in [5, 5.41) is 109. The predicted molar refractivity (Wildman–Crippen MR) is 358 cm³/mol. The molecule has 28 atom stereocenters. The van der Waals surface area contributed by atoms with E-state index in [9.17, 15) is 109 Å². The first-order valence-corrected chi connectivity index (χ1v) is 37.0. The molecular weight excluding hydrogens is 1520 g/mol. The molecule has 0 aromatic carbocycles. The Morgan fingerprint density at radius 3 is 1.06 bits per heavy atom. The smallest absolute Gasteiger partial charge is 0.306 e. The third kappa shape index (κ3) is 24.9. The number of hydrogen-bond acceptors (Lipinski definition) is 43. The molecule has 6 saturated heterocycles. The van der Waals surface area contributed by atoms with Crippen molar-refractivity contribution in [3.8, 4) is 0 Å². The molecule has 6 heterocycles. The standard InChI is InChI=1S/C51H76O27.C18H32O16/c1-12-30(52)63-23-27-41(69-33(55)15-4)44(72-36(58)18-7)46(74-38(60)20-9)49(67-27)65-24-28-42(70-34(56)16-5)45(73-37(59)19-8)47(75-39(61)21-10)50(68-28)78-51(26-66-32(54)14-3)48(76-40(62)22-11)43(71-35(57)17-6)29(77-51)25-64-31(53)13-2;19-1-5-8(22)11(25)13(27)16(31-5)30-3-7-9(23)12(26)14(28)17(32-7)34-18(4-21)15(29)10(24)6(2-20)33-18/h27-29,41-50H,12-26H2,1-11H3;5-17,19-29H,1-4H2/t27?,28?,29-,41+,42-,43-,44+,45+,46?,47?,48-,49+,50+,51+;5?,6-,7?,8+,9-,10-,11+,12+,13?,14?,15-,16+,17+,18+/m11/s1. The number of hydrogen-bond donors (Lipinski definition) is 11. The molecule has 43 nitrogen and oxygen atoms in total. The van der Waals surface area contributed by atoms with Crippen molar-refractivity contribution in [3.63, 3.8) is 0 Å². The second kappa shape index (κ2) is 45.6. The minimum Gasteiger partial charge on any atom is -0.463 e. The molecule has 6 aliphatic rings. The zero-order valence-corrected chi connectivity index (χ0v) is 63.9. The zero-order valence-electron chi connectivity index (χ0n) is 63.9. The van der Waals surface area contributed by atoms with Crippen LogP contribution in [0.1, 0.15) is 147 Å². The van der Waals surface area contributed by atoms with Crippen LogP contribution in [0.25, 0.3) is 0 Å². The summed E-state index contributed by atoms with van der Waals surface area (Å²) in [6, 6.07) is 0. The summed E-state index contributed by atoms with van der Waals surface area (Å²) in [7, 11) is 0. The van der Waals surface area contributed by atoms with Crippen molar-refractivity contribution in [2.75, 3.05) is 52.9 Å². The number of aliphatic hydroxyl groups excluding tert-OH is 11. The van der Waals surface area contributed by atoms with Crippen LogP contribution in [0.2, 0.25) is 0 Å².